The van der Waals surface area contributed by atoms with Crippen LogP contribution in [0.1, 0.15) is 25.1 Å². The molecule has 2 aromatic rings. The molecular formula is C15H16BrFN2S. The molecule has 0 atom stereocenters. The SMILES string of the molecule is Cc1cc(-c2nc(=S)c(Br)c(CC(C)C)[nH]2)ccc1F. The van der Waals surface area contributed by atoms with Crippen molar-refractivity contribution in [2.75, 3.05) is 0 Å². The van der Waals surface area contributed by atoms with Crippen molar-refractivity contribution in [1.29, 1.82) is 0 Å². The summed E-state index contributed by atoms with van der Waals surface area (Å²) < 4.78 is 14.7. The van der Waals surface area contributed by atoms with Gasteiger partial charge in [0, 0.05) is 11.3 Å². The van der Waals surface area contributed by atoms with Crippen molar-refractivity contribution in [1.82, 2.24) is 9.97 Å². The van der Waals surface area contributed by atoms with Crippen LogP contribution in [0, 0.1) is 23.3 Å². The van der Waals surface area contributed by atoms with Crippen LogP contribution in [-0.2, 0) is 6.42 Å². The number of aryl methyl sites for hydroxylation is 1. The fourth-order valence-electron chi connectivity index (χ4n) is 1.98. The van der Waals surface area contributed by atoms with Crippen LogP contribution >= 0.6 is 28.1 Å². The molecule has 0 spiro atoms. The molecule has 0 saturated carbocycles. The smallest absolute Gasteiger partial charge is 0.144 e. The van der Waals surface area contributed by atoms with Gasteiger partial charge in [0.1, 0.15) is 16.3 Å². The van der Waals surface area contributed by atoms with Crippen LogP contribution < -0.4 is 0 Å². The van der Waals surface area contributed by atoms with Gasteiger partial charge in [-0.25, -0.2) is 9.37 Å². The standard InChI is InChI=1S/C15H16BrFN2S/c1-8(2)6-12-13(16)15(20)19-14(18-12)10-4-5-11(17)9(3)7-10/h4-5,7-8H,6H2,1-3H3,(H,18,19,20). The third kappa shape index (κ3) is 3.33. The second-order valence-electron chi connectivity index (χ2n) is 5.25. The zero-order valence-electron chi connectivity index (χ0n) is 11.6. The molecule has 0 aliphatic carbocycles. The van der Waals surface area contributed by atoms with Gasteiger partial charge in [-0.3, -0.25) is 0 Å². The maximum absolute atomic E-state index is 13.4. The number of aromatic nitrogens is 2. The number of halogens is 2. The number of benzene rings is 1. The number of hydrogen-bond donors (Lipinski definition) is 1. The molecule has 0 unspecified atom stereocenters. The lowest BCUT2D eigenvalue weighted by atomic mass is 10.1. The average Bonchev–Trinajstić information content (AvgIpc) is 2.37. The van der Waals surface area contributed by atoms with E-state index in [9.17, 15) is 4.39 Å². The fraction of sp³-hybridized carbons (Fsp3) is 0.333. The highest BCUT2D eigenvalue weighted by molar-refractivity contribution is 9.10. The molecule has 2 rings (SSSR count). The zero-order valence-corrected chi connectivity index (χ0v) is 14.0. The van der Waals surface area contributed by atoms with Crippen LogP contribution in [-0.4, -0.2) is 9.97 Å². The molecule has 106 valence electrons. The Labute approximate surface area is 131 Å². The number of H-pyrrole nitrogens is 1. The predicted molar refractivity (Wildman–Crippen MR) is 85.8 cm³/mol. The van der Waals surface area contributed by atoms with Crippen molar-refractivity contribution in [2.24, 2.45) is 5.92 Å². The normalized spacial score (nSPS) is 11.1. The minimum Gasteiger partial charge on any atom is -0.342 e. The third-order valence-corrected chi connectivity index (χ3v) is 4.39. The largest absolute Gasteiger partial charge is 0.342 e. The Morgan fingerprint density at radius 1 is 1.40 bits per heavy atom. The van der Waals surface area contributed by atoms with Crippen LogP contribution in [0.25, 0.3) is 11.4 Å². The van der Waals surface area contributed by atoms with Crippen molar-refractivity contribution in [3.8, 4) is 11.4 Å². The maximum atomic E-state index is 13.4. The highest BCUT2D eigenvalue weighted by Gasteiger charge is 2.10. The fourth-order valence-corrected chi connectivity index (χ4v) is 2.55. The van der Waals surface area contributed by atoms with Gasteiger partial charge in [-0.05, 0) is 59.0 Å². The maximum Gasteiger partial charge on any atom is 0.144 e. The summed E-state index contributed by atoms with van der Waals surface area (Å²) >= 11 is 8.77. The van der Waals surface area contributed by atoms with Crippen molar-refractivity contribution in [3.63, 3.8) is 0 Å². The minimum absolute atomic E-state index is 0.216. The Balaban J connectivity index is 2.54. The summed E-state index contributed by atoms with van der Waals surface area (Å²) in [7, 11) is 0. The molecule has 1 aromatic heterocycles. The van der Waals surface area contributed by atoms with Crippen LogP contribution in [0.2, 0.25) is 0 Å². The van der Waals surface area contributed by atoms with Crippen LogP contribution in [0.15, 0.2) is 22.7 Å². The van der Waals surface area contributed by atoms with Crippen LogP contribution in [0.5, 0.6) is 0 Å². The van der Waals surface area contributed by atoms with Gasteiger partial charge in [-0.2, -0.15) is 0 Å². The summed E-state index contributed by atoms with van der Waals surface area (Å²) in [5.41, 5.74) is 2.46. The van der Waals surface area contributed by atoms with Gasteiger partial charge >= 0.3 is 0 Å². The van der Waals surface area contributed by atoms with Crippen LogP contribution in [0.4, 0.5) is 4.39 Å². The Bertz CT molecular complexity index is 695. The number of nitrogens with one attached hydrogen (secondary N) is 1. The van der Waals surface area contributed by atoms with E-state index in [0.717, 1.165) is 22.2 Å². The first-order valence-electron chi connectivity index (χ1n) is 6.43. The van der Waals surface area contributed by atoms with E-state index in [1.807, 2.05) is 0 Å². The highest BCUT2D eigenvalue weighted by atomic mass is 79.9. The van der Waals surface area contributed by atoms with Gasteiger partial charge in [-0.15, -0.1) is 0 Å². The van der Waals surface area contributed by atoms with Gasteiger partial charge in [0.05, 0.1) is 4.47 Å². The molecule has 0 aliphatic heterocycles. The van der Waals surface area contributed by atoms with E-state index < -0.39 is 0 Å². The molecular weight excluding hydrogens is 339 g/mol. The van der Waals surface area contributed by atoms with E-state index in [-0.39, 0.29) is 5.82 Å². The van der Waals surface area contributed by atoms with Crippen molar-refractivity contribution >= 4 is 28.1 Å². The second-order valence-corrected chi connectivity index (χ2v) is 6.42. The lowest BCUT2D eigenvalue weighted by molar-refractivity contribution is 0.618. The summed E-state index contributed by atoms with van der Waals surface area (Å²) in [6.07, 6.45) is 0.875. The lowest BCUT2D eigenvalue weighted by Crippen LogP contribution is -2.03. The van der Waals surface area contributed by atoms with E-state index in [4.69, 9.17) is 12.2 Å². The zero-order chi connectivity index (χ0) is 14.9. The minimum atomic E-state index is -0.216. The summed E-state index contributed by atoms with van der Waals surface area (Å²) in [6, 6.07) is 4.94. The Hall–Kier alpha value is -1.07. The van der Waals surface area contributed by atoms with E-state index in [2.05, 4.69) is 39.7 Å². The number of aromatic amines is 1. The van der Waals surface area contributed by atoms with Gasteiger partial charge in [0.25, 0.3) is 0 Å². The van der Waals surface area contributed by atoms with Gasteiger partial charge in [-0.1, -0.05) is 26.1 Å². The molecule has 0 aliphatic rings. The molecule has 0 bridgehead atoms. The lowest BCUT2D eigenvalue weighted by Gasteiger charge is -2.11. The highest BCUT2D eigenvalue weighted by Crippen LogP contribution is 2.24. The monoisotopic (exact) mass is 354 g/mol. The Morgan fingerprint density at radius 2 is 2.10 bits per heavy atom. The summed E-state index contributed by atoms with van der Waals surface area (Å²) in [5, 5.41) is 0. The van der Waals surface area contributed by atoms with Gasteiger partial charge in [0.15, 0.2) is 0 Å². The van der Waals surface area contributed by atoms with Crippen molar-refractivity contribution < 1.29 is 4.39 Å². The first-order valence-corrected chi connectivity index (χ1v) is 7.64. The number of hydrogen-bond acceptors (Lipinski definition) is 2. The molecule has 1 heterocycles. The molecule has 0 fully saturated rings. The topological polar surface area (TPSA) is 28.7 Å². The van der Waals surface area contributed by atoms with E-state index in [1.54, 1.807) is 19.1 Å². The molecule has 2 nitrogen and oxygen atoms in total. The predicted octanol–water partition coefficient (Wildman–Crippen LogP) is 5.21. The third-order valence-electron chi connectivity index (χ3n) is 2.98. The van der Waals surface area contributed by atoms with E-state index >= 15 is 0 Å². The molecule has 1 aromatic carbocycles. The Morgan fingerprint density at radius 3 is 2.70 bits per heavy atom. The molecule has 0 radical (unpaired) electrons. The summed E-state index contributed by atoms with van der Waals surface area (Å²) in [4.78, 5) is 7.67. The van der Waals surface area contributed by atoms with Crippen LogP contribution in [0.3, 0.4) is 0 Å². The molecule has 5 heteroatoms. The van der Waals surface area contributed by atoms with E-state index in [1.165, 1.54) is 6.07 Å². The first-order chi connectivity index (χ1) is 9.38. The molecule has 1 N–H and O–H groups in total. The first kappa shape index (κ1) is 15.3. The van der Waals surface area contributed by atoms with Gasteiger partial charge in [0.2, 0.25) is 0 Å². The quantitative estimate of drug-likeness (QED) is 0.765. The van der Waals surface area contributed by atoms with Crippen molar-refractivity contribution in [2.45, 2.75) is 27.2 Å². The summed E-state index contributed by atoms with van der Waals surface area (Å²) in [5.74, 6) is 0.964. The second kappa shape index (κ2) is 6.14. The average molecular weight is 355 g/mol. The molecule has 0 saturated heterocycles. The number of rotatable bonds is 3. The molecule has 0 amide bonds. The molecule has 20 heavy (non-hydrogen) atoms. The van der Waals surface area contributed by atoms with Crippen molar-refractivity contribution in [3.05, 3.63) is 44.4 Å². The Kier molecular flexibility index (Phi) is 4.70. The van der Waals surface area contributed by atoms with E-state index in [0.29, 0.717) is 21.9 Å². The summed E-state index contributed by atoms with van der Waals surface area (Å²) in [6.45, 7) is 6.03. The van der Waals surface area contributed by atoms with Gasteiger partial charge < -0.3 is 4.98 Å². The number of nitrogens with zero attached hydrogens (tertiary/aromatic N) is 1.